The van der Waals surface area contributed by atoms with Gasteiger partial charge in [0.2, 0.25) is 0 Å². The average molecular weight is 278 g/mol. The summed E-state index contributed by atoms with van der Waals surface area (Å²) < 4.78 is 6.58. The van der Waals surface area contributed by atoms with Crippen LogP contribution in [-0.4, -0.2) is 20.1 Å². The molecule has 1 heterocycles. The summed E-state index contributed by atoms with van der Waals surface area (Å²) in [7, 11) is 1.65. The number of hydrogen-bond acceptors (Lipinski definition) is 2. The van der Waals surface area contributed by atoms with Crippen LogP contribution >= 0.6 is 15.9 Å². The van der Waals surface area contributed by atoms with Crippen molar-refractivity contribution in [1.82, 2.24) is 0 Å². The van der Waals surface area contributed by atoms with Crippen molar-refractivity contribution in [3.63, 3.8) is 0 Å². The molecule has 0 aliphatic carbocycles. The van der Waals surface area contributed by atoms with Gasteiger partial charge in [0.25, 0.3) is 0 Å². The van der Waals surface area contributed by atoms with Crippen LogP contribution in [0.15, 0.2) is 28.7 Å². The highest BCUT2D eigenvalue weighted by Crippen LogP contribution is 2.34. The minimum atomic E-state index is 0.611. The Morgan fingerprint density at radius 3 is 3.19 bits per heavy atom. The molecule has 0 unspecified atom stereocenters. The predicted octanol–water partition coefficient (Wildman–Crippen LogP) is 2.93. The smallest absolute Gasteiger partial charge is 0.197 e. The zero-order valence-electron chi connectivity index (χ0n) is 8.78. The standard InChI is InChI=1S/C12H11BBrO2/c14-10-1-2-11-9(3-5-13-8-15)4-6-16-12(11)7-10/h1-2,4,7-8H,3,5-6H2. The van der Waals surface area contributed by atoms with Gasteiger partial charge in [-0.2, -0.15) is 0 Å². The number of benzene rings is 1. The topological polar surface area (TPSA) is 26.3 Å². The van der Waals surface area contributed by atoms with E-state index in [0.29, 0.717) is 6.61 Å². The van der Waals surface area contributed by atoms with Gasteiger partial charge in [0, 0.05) is 10.0 Å². The summed E-state index contributed by atoms with van der Waals surface area (Å²) in [6.45, 7) is 0.611. The molecule has 0 atom stereocenters. The Balaban J connectivity index is 2.16. The SMILES string of the molecule is O=C[B]CCC1=CCOc2cc(Br)ccc21. The molecule has 0 aromatic heterocycles. The number of allylic oxidation sites excluding steroid dienone is 1. The Labute approximate surface area is 104 Å². The monoisotopic (exact) mass is 277 g/mol. The fourth-order valence-electron chi connectivity index (χ4n) is 1.77. The van der Waals surface area contributed by atoms with Gasteiger partial charge < -0.3 is 9.53 Å². The van der Waals surface area contributed by atoms with Gasteiger partial charge in [0.1, 0.15) is 12.4 Å². The molecule has 1 radical (unpaired) electrons. The molecule has 1 aromatic carbocycles. The van der Waals surface area contributed by atoms with Gasteiger partial charge in [-0.3, -0.25) is 0 Å². The van der Waals surface area contributed by atoms with Crippen molar-refractivity contribution in [3.8, 4) is 5.75 Å². The van der Waals surface area contributed by atoms with Crippen LogP contribution in [0.2, 0.25) is 6.32 Å². The molecule has 16 heavy (non-hydrogen) atoms. The second-order valence-electron chi connectivity index (χ2n) is 3.59. The van der Waals surface area contributed by atoms with Crippen LogP contribution in [0.4, 0.5) is 0 Å². The first-order valence-corrected chi connectivity index (χ1v) is 5.99. The molecule has 0 amide bonds. The molecule has 4 heteroatoms. The minimum Gasteiger partial charge on any atom is -0.489 e. The molecular formula is C12H11BBrO2. The first-order valence-electron chi connectivity index (χ1n) is 5.20. The van der Waals surface area contributed by atoms with Crippen molar-refractivity contribution in [2.45, 2.75) is 12.7 Å². The molecule has 1 aliphatic rings. The van der Waals surface area contributed by atoms with E-state index in [1.807, 2.05) is 18.2 Å². The molecular weight excluding hydrogens is 267 g/mol. The summed E-state index contributed by atoms with van der Waals surface area (Å²) in [4.78, 5) is 10.2. The van der Waals surface area contributed by atoms with Crippen molar-refractivity contribution in [3.05, 3.63) is 34.3 Å². The molecule has 81 valence electrons. The first-order chi connectivity index (χ1) is 7.81. The summed E-state index contributed by atoms with van der Waals surface area (Å²) in [6, 6.07) is 6.03. The van der Waals surface area contributed by atoms with E-state index in [0.717, 1.165) is 34.7 Å². The van der Waals surface area contributed by atoms with Crippen LogP contribution in [0, 0.1) is 0 Å². The van der Waals surface area contributed by atoms with Crippen LogP contribution in [0.1, 0.15) is 12.0 Å². The van der Waals surface area contributed by atoms with Gasteiger partial charge in [-0.1, -0.05) is 22.3 Å². The maximum absolute atomic E-state index is 10.2. The lowest BCUT2D eigenvalue weighted by molar-refractivity contribution is 0.356. The number of carbonyl (C=O) groups excluding carboxylic acids is 1. The van der Waals surface area contributed by atoms with Crippen LogP contribution in [-0.2, 0) is 4.79 Å². The zero-order chi connectivity index (χ0) is 11.4. The van der Waals surface area contributed by atoms with Gasteiger partial charge >= 0.3 is 0 Å². The number of hydrogen-bond donors (Lipinski definition) is 0. The molecule has 1 aliphatic heterocycles. The Hall–Kier alpha value is -1.03. The Bertz CT molecular complexity index is 429. The van der Waals surface area contributed by atoms with Gasteiger partial charge in [-0.15, -0.1) is 0 Å². The molecule has 0 spiro atoms. The predicted molar refractivity (Wildman–Crippen MR) is 69.5 cm³/mol. The van der Waals surface area contributed by atoms with Crippen LogP contribution in [0.25, 0.3) is 5.57 Å². The Kier molecular flexibility index (Phi) is 3.83. The van der Waals surface area contributed by atoms with E-state index >= 15 is 0 Å². The zero-order valence-corrected chi connectivity index (χ0v) is 10.4. The molecule has 2 nitrogen and oxygen atoms in total. The van der Waals surface area contributed by atoms with Crippen molar-refractivity contribution < 1.29 is 9.53 Å². The number of rotatable bonds is 4. The number of fused-ring (bicyclic) bond motifs is 1. The highest BCUT2D eigenvalue weighted by molar-refractivity contribution is 9.10. The summed E-state index contributed by atoms with van der Waals surface area (Å²) >= 11 is 3.42. The number of carbonyl (C=O) groups is 1. The summed E-state index contributed by atoms with van der Waals surface area (Å²) in [6.07, 6.45) is 4.60. The van der Waals surface area contributed by atoms with Crippen LogP contribution < -0.4 is 4.74 Å². The number of halogens is 1. The Morgan fingerprint density at radius 2 is 2.38 bits per heavy atom. The molecule has 0 saturated heterocycles. The highest BCUT2D eigenvalue weighted by Gasteiger charge is 2.13. The van der Waals surface area contributed by atoms with E-state index in [4.69, 9.17) is 4.74 Å². The second kappa shape index (κ2) is 5.35. The summed E-state index contributed by atoms with van der Waals surface area (Å²) in [5, 5.41) is 0. The summed E-state index contributed by atoms with van der Waals surface area (Å²) in [5.74, 6) is 0.915. The van der Waals surface area contributed by atoms with Gasteiger partial charge in [0.15, 0.2) is 7.28 Å². The van der Waals surface area contributed by atoms with Crippen LogP contribution in [0.5, 0.6) is 5.75 Å². The third kappa shape index (κ3) is 2.56. The maximum atomic E-state index is 10.2. The average Bonchev–Trinajstić information content (AvgIpc) is 2.29. The second-order valence-corrected chi connectivity index (χ2v) is 4.51. The van der Waals surface area contributed by atoms with Crippen molar-refractivity contribution in [2.75, 3.05) is 6.61 Å². The van der Waals surface area contributed by atoms with E-state index in [1.54, 1.807) is 7.28 Å². The van der Waals surface area contributed by atoms with E-state index in [-0.39, 0.29) is 0 Å². The van der Waals surface area contributed by atoms with Gasteiger partial charge in [0.05, 0.1) is 6.19 Å². The molecule has 0 bridgehead atoms. The third-order valence-corrected chi connectivity index (χ3v) is 3.03. The summed E-state index contributed by atoms with van der Waals surface area (Å²) in [5.41, 5.74) is 2.39. The quantitative estimate of drug-likeness (QED) is 0.481. The van der Waals surface area contributed by atoms with Crippen molar-refractivity contribution in [2.24, 2.45) is 0 Å². The number of ether oxygens (including phenoxy) is 1. The van der Waals surface area contributed by atoms with Crippen molar-refractivity contribution >= 4 is 35.0 Å². The minimum absolute atomic E-state index is 0.611. The Morgan fingerprint density at radius 1 is 1.50 bits per heavy atom. The van der Waals surface area contributed by atoms with E-state index in [9.17, 15) is 4.79 Å². The largest absolute Gasteiger partial charge is 0.489 e. The molecule has 0 N–H and O–H groups in total. The van der Waals surface area contributed by atoms with Gasteiger partial charge in [-0.25, -0.2) is 0 Å². The fourth-order valence-corrected chi connectivity index (χ4v) is 2.11. The van der Waals surface area contributed by atoms with Crippen molar-refractivity contribution in [1.29, 1.82) is 0 Å². The lowest BCUT2D eigenvalue weighted by atomic mass is 9.74. The molecule has 0 saturated carbocycles. The van der Waals surface area contributed by atoms with E-state index < -0.39 is 0 Å². The maximum Gasteiger partial charge on any atom is 0.197 e. The van der Waals surface area contributed by atoms with Gasteiger partial charge in [-0.05, 0) is 36.3 Å². The third-order valence-electron chi connectivity index (χ3n) is 2.53. The van der Waals surface area contributed by atoms with Crippen LogP contribution in [0.3, 0.4) is 0 Å². The normalized spacial score (nSPS) is 13.4. The fraction of sp³-hybridized carbons (Fsp3) is 0.250. The molecule has 2 rings (SSSR count). The first kappa shape index (κ1) is 11.5. The lowest BCUT2D eigenvalue weighted by Crippen LogP contribution is -2.05. The highest BCUT2D eigenvalue weighted by atomic mass is 79.9. The molecule has 1 aromatic rings. The molecule has 0 fully saturated rings. The van der Waals surface area contributed by atoms with E-state index in [2.05, 4.69) is 22.0 Å². The van der Waals surface area contributed by atoms with E-state index in [1.165, 1.54) is 5.57 Å². The lowest BCUT2D eigenvalue weighted by Gasteiger charge is -2.18.